The summed E-state index contributed by atoms with van der Waals surface area (Å²) in [5, 5.41) is 15.8. The van der Waals surface area contributed by atoms with Gasteiger partial charge >= 0.3 is 12.1 Å². The van der Waals surface area contributed by atoms with Crippen LogP contribution in [0.4, 0.5) is 10.6 Å². The van der Waals surface area contributed by atoms with E-state index in [1.165, 1.54) is 4.68 Å². The Morgan fingerprint density at radius 2 is 1.96 bits per heavy atom. The molecular weight excluding hydrogens is 298 g/mol. The lowest BCUT2D eigenvalue weighted by molar-refractivity contribution is 0.0688. The van der Waals surface area contributed by atoms with Crippen LogP contribution in [0.3, 0.4) is 0 Å². The van der Waals surface area contributed by atoms with Gasteiger partial charge in [-0.3, -0.25) is 5.32 Å². The molecule has 2 N–H and O–H groups in total. The topological polar surface area (TPSA) is 93.5 Å². The lowest BCUT2D eigenvalue weighted by Gasteiger charge is -2.13. The first kappa shape index (κ1) is 16.5. The fourth-order valence-electron chi connectivity index (χ4n) is 2.10. The van der Waals surface area contributed by atoms with Crippen LogP contribution >= 0.6 is 0 Å². The SMILES string of the molecule is Cc1c(C(=O)O)nn(C(C)C)c1NC(=O)OCc1ccccc1. The summed E-state index contributed by atoms with van der Waals surface area (Å²) in [4.78, 5) is 23.2. The van der Waals surface area contributed by atoms with Crippen LogP contribution in [-0.2, 0) is 11.3 Å². The number of carboxylic acid groups (broad SMARTS) is 1. The predicted molar refractivity (Wildman–Crippen MR) is 84.6 cm³/mol. The Bertz CT molecular complexity index is 708. The van der Waals surface area contributed by atoms with Gasteiger partial charge in [-0.1, -0.05) is 30.3 Å². The molecule has 7 heteroatoms. The first-order chi connectivity index (χ1) is 10.9. The fraction of sp³-hybridized carbons (Fsp3) is 0.312. The Labute approximate surface area is 133 Å². The van der Waals surface area contributed by atoms with Crippen LogP contribution in [0.2, 0.25) is 0 Å². The lowest BCUT2D eigenvalue weighted by Crippen LogP contribution is -2.18. The lowest BCUT2D eigenvalue weighted by atomic mass is 10.2. The van der Waals surface area contributed by atoms with Gasteiger partial charge in [0.2, 0.25) is 0 Å². The van der Waals surface area contributed by atoms with Crippen molar-refractivity contribution in [2.45, 2.75) is 33.4 Å². The third-order valence-corrected chi connectivity index (χ3v) is 3.27. The van der Waals surface area contributed by atoms with Crippen LogP contribution in [-0.4, -0.2) is 26.9 Å². The average Bonchev–Trinajstić information content (AvgIpc) is 2.84. The molecule has 2 rings (SSSR count). The van der Waals surface area contributed by atoms with E-state index in [1.54, 1.807) is 6.92 Å². The highest BCUT2D eigenvalue weighted by Gasteiger charge is 2.22. The number of nitrogens with one attached hydrogen (secondary N) is 1. The molecule has 122 valence electrons. The molecule has 0 unspecified atom stereocenters. The molecule has 1 aromatic heterocycles. The maximum Gasteiger partial charge on any atom is 0.413 e. The van der Waals surface area contributed by atoms with E-state index in [2.05, 4.69) is 10.4 Å². The number of rotatable bonds is 5. The summed E-state index contributed by atoms with van der Waals surface area (Å²) in [6.45, 7) is 5.42. The van der Waals surface area contributed by atoms with Gasteiger partial charge < -0.3 is 9.84 Å². The summed E-state index contributed by atoms with van der Waals surface area (Å²) in [6, 6.07) is 9.17. The molecule has 0 fully saturated rings. The van der Waals surface area contributed by atoms with E-state index >= 15 is 0 Å². The molecule has 0 bridgehead atoms. The molecule has 0 saturated carbocycles. The van der Waals surface area contributed by atoms with Crippen LogP contribution in [0, 0.1) is 6.92 Å². The second-order valence-electron chi connectivity index (χ2n) is 5.35. The van der Waals surface area contributed by atoms with Crippen LogP contribution in [0.25, 0.3) is 0 Å². The number of hydrogen-bond acceptors (Lipinski definition) is 4. The van der Waals surface area contributed by atoms with Crippen molar-refractivity contribution in [2.24, 2.45) is 0 Å². The number of aromatic carboxylic acids is 1. The van der Waals surface area contributed by atoms with Gasteiger partial charge in [0.15, 0.2) is 5.69 Å². The first-order valence-corrected chi connectivity index (χ1v) is 7.20. The number of anilines is 1. The Morgan fingerprint density at radius 3 is 2.52 bits per heavy atom. The Morgan fingerprint density at radius 1 is 1.30 bits per heavy atom. The molecule has 0 aliphatic rings. The monoisotopic (exact) mass is 317 g/mol. The van der Waals surface area contributed by atoms with Crippen LogP contribution < -0.4 is 5.32 Å². The number of hydrogen-bond donors (Lipinski definition) is 2. The van der Waals surface area contributed by atoms with Crippen LogP contribution in [0.5, 0.6) is 0 Å². The molecule has 0 radical (unpaired) electrons. The van der Waals surface area contributed by atoms with Gasteiger partial charge in [-0.2, -0.15) is 5.10 Å². The second kappa shape index (κ2) is 6.95. The van der Waals surface area contributed by atoms with Gasteiger partial charge in [0.1, 0.15) is 12.4 Å². The molecule has 2 aromatic rings. The van der Waals surface area contributed by atoms with Crippen molar-refractivity contribution >= 4 is 17.9 Å². The fourth-order valence-corrected chi connectivity index (χ4v) is 2.10. The highest BCUT2D eigenvalue weighted by atomic mass is 16.5. The van der Waals surface area contributed by atoms with Gasteiger partial charge in [-0.25, -0.2) is 14.3 Å². The smallest absolute Gasteiger partial charge is 0.413 e. The number of carboxylic acids is 1. The van der Waals surface area contributed by atoms with Crippen molar-refractivity contribution in [1.82, 2.24) is 9.78 Å². The minimum Gasteiger partial charge on any atom is -0.476 e. The number of nitrogens with zero attached hydrogens (tertiary/aromatic N) is 2. The quantitative estimate of drug-likeness (QED) is 0.883. The highest BCUT2D eigenvalue weighted by molar-refractivity contribution is 5.91. The molecule has 0 aliphatic carbocycles. The van der Waals surface area contributed by atoms with Crippen molar-refractivity contribution in [3.8, 4) is 0 Å². The minimum atomic E-state index is -1.14. The number of carbonyl (C=O) groups is 2. The van der Waals surface area contributed by atoms with Gasteiger partial charge in [-0.05, 0) is 26.3 Å². The molecule has 0 saturated heterocycles. The van der Waals surface area contributed by atoms with E-state index in [0.717, 1.165) is 5.56 Å². The van der Waals surface area contributed by atoms with Crippen LogP contribution in [0.1, 0.15) is 41.5 Å². The normalized spacial score (nSPS) is 10.6. The zero-order valence-corrected chi connectivity index (χ0v) is 13.2. The zero-order valence-electron chi connectivity index (χ0n) is 13.2. The molecule has 23 heavy (non-hydrogen) atoms. The summed E-state index contributed by atoms with van der Waals surface area (Å²) in [6.07, 6.45) is -0.657. The summed E-state index contributed by atoms with van der Waals surface area (Å²) in [7, 11) is 0. The van der Waals surface area contributed by atoms with E-state index in [-0.39, 0.29) is 18.3 Å². The van der Waals surface area contributed by atoms with Gasteiger partial charge in [-0.15, -0.1) is 0 Å². The van der Waals surface area contributed by atoms with E-state index in [1.807, 2.05) is 44.2 Å². The van der Waals surface area contributed by atoms with Gasteiger partial charge in [0, 0.05) is 11.6 Å². The molecule has 1 heterocycles. The second-order valence-corrected chi connectivity index (χ2v) is 5.35. The first-order valence-electron chi connectivity index (χ1n) is 7.20. The maximum absolute atomic E-state index is 12.0. The Hall–Kier alpha value is -2.83. The van der Waals surface area contributed by atoms with E-state index in [9.17, 15) is 9.59 Å². The number of ether oxygens (including phenoxy) is 1. The number of carbonyl (C=O) groups excluding carboxylic acids is 1. The van der Waals surface area contributed by atoms with Gasteiger partial charge in [0.25, 0.3) is 0 Å². The molecule has 0 aliphatic heterocycles. The molecule has 1 amide bonds. The van der Waals surface area contributed by atoms with Crippen molar-refractivity contribution in [3.63, 3.8) is 0 Å². The van der Waals surface area contributed by atoms with Crippen molar-refractivity contribution in [2.75, 3.05) is 5.32 Å². The average molecular weight is 317 g/mol. The van der Waals surface area contributed by atoms with E-state index in [0.29, 0.717) is 11.4 Å². The van der Waals surface area contributed by atoms with Crippen LogP contribution in [0.15, 0.2) is 30.3 Å². The third-order valence-electron chi connectivity index (χ3n) is 3.27. The summed E-state index contributed by atoms with van der Waals surface area (Å²) in [5.74, 6) is -0.807. The molecular formula is C16H19N3O4. The maximum atomic E-state index is 12.0. The third kappa shape index (κ3) is 3.88. The summed E-state index contributed by atoms with van der Waals surface area (Å²) >= 11 is 0. The highest BCUT2D eigenvalue weighted by Crippen LogP contribution is 2.23. The standard InChI is InChI=1S/C16H19N3O4/c1-10(2)19-14(11(3)13(18-19)15(20)21)17-16(22)23-9-12-7-5-4-6-8-12/h4-8,10H,9H2,1-3H3,(H,17,22)(H,20,21). The number of benzene rings is 1. The number of aromatic nitrogens is 2. The minimum absolute atomic E-state index is 0.0861. The van der Waals surface area contributed by atoms with Gasteiger partial charge in [0.05, 0.1) is 0 Å². The molecule has 0 spiro atoms. The Kier molecular flexibility index (Phi) is 5.00. The largest absolute Gasteiger partial charge is 0.476 e. The Balaban J connectivity index is 2.12. The molecule has 0 atom stereocenters. The summed E-state index contributed by atoms with van der Waals surface area (Å²) in [5.41, 5.74) is 1.17. The molecule has 7 nitrogen and oxygen atoms in total. The predicted octanol–water partition coefficient (Wildman–Crippen LogP) is 3.22. The zero-order chi connectivity index (χ0) is 17.0. The van der Waals surface area contributed by atoms with E-state index < -0.39 is 12.1 Å². The number of amides is 1. The summed E-state index contributed by atoms with van der Waals surface area (Å²) < 4.78 is 6.61. The van der Waals surface area contributed by atoms with Crippen molar-refractivity contribution in [3.05, 3.63) is 47.2 Å². The van der Waals surface area contributed by atoms with Crippen molar-refractivity contribution in [1.29, 1.82) is 0 Å². The van der Waals surface area contributed by atoms with Crippen molar-refractivity contribution < 1.29 is 19.4 Å². The van der Waals surface area contributed by atoms with E-state index in [4.69, 9.17) is 9.84 Å². The molecule has 1 aromatic carbocycles.